The number of anilines is 2. The van der Waals surface area contributed by atoms with Crippen molar-refractivity contribution < 1.29 is 23.5 Å². The number of cyclic esters (lactones) is 1. The van der Waals surface area contributed by atoms with Crippen molar-refractivity contribution in [3.63, 3.8) is 0 Å². The summed E-state index contributed by atoms with van der Waals surface area (Å²) in [6.07, 6.45) is -1.26. The molecule has 1 aromatic rings. The van der Waals surface area contributed by atoms with Crippen LogP contribution in [0.25, 0.3) is 0 Å². The van der Waals surface area contributed by atoms with Crippen LogP contribution in [0.15, 0.2) is 18.2 Å². The number of carbonyl (C=O) groups is 1. The smallest absolute Gasteiger partial charge is 0.414 e. The van der Waals surface area contributed by atoms with E-state index >= 15 is 0 Å². The molecule has 2 fully saturated rings. The summed E-state index contributed by atoms with van der Waals surface area (Å²) in [5.74, 6) is -0.0514. The summed E-state index contributed by atoms with van der Waals surface area (Å²) in [7, 11) is -1.29. The minimum absolute atomic E-state index is 0.0828. The van der Waals surface area contributed by atoms with Crippen LogP contribution in [0.5, 0.6) is 0 Å². The third-order valence-electron chi connectivity index (χ3n) is 5.20. The van der Waals surface area contributed by atoms with Gasteiger partial charge in [0, 0.05) is 12.5 Å². The monoisotopic (exact) mass is 396 g/mol. The minimum atomic E-state index is -1.29. The topological polar surface area (TPSA) is 62.2 Å². The van der Waals surface area contributed by atoms with E-state index in [1.807, 2.05) is 4.90 Å². The highest BCUT2D eigenvalue weighted by atomic mass is 28.3. The van der Waals surface area contributed by atoms with Crippen LogP contribution in [0.2, 0.25) is 13.1 Å². The third-order valence-corrected chi connectivity index (χ3v) is 6.02. The van der Waals surface area contributed by atoms with Crippen LogP contribution in [0, 0.1) is 17.2 Å². The Balaban J connectivity index is 1.80. The highest BCUT2D eigenvalue weighted by molar-refractivity contribution is 6.48. The predicted molar refractivity (Wildman–Crippen MR) is 105 cm³/mol. The van der Waals surface area contributed by atoms with Gasteiger partial charge in [-0.1, -0.05) is 20.8 Å². The highest BCUT2D eigenvalue weighted by Crippen LogP contribution is 2.43. The number of aliphatic hydroxyl groups is 1. The second-order valence-electron chi connectivity index (χ2n) is 8.63. The van der Waals surface area contributed by atoms with Gasteiger partial charge in [0.05, 0.1) is 24.5 Å². The van der Waals surface area contributed by atoms with Crippen molar-refractivity contribution in [1.29, 1.82) is 0 Å². The van der Waals surface area contributed by atoms with Crippen molar-refractivity contribution in [2.24, 2.45) is 11.3 Å². The van der Waals surface area contributed by atoms with E-state index in [1.54, 1.807) is 12.1 Å². The van der Waals surface area contributed by atoms with E-state index in [9.17, 15) is 9.18 Å². The van der Waals surface area contributed by atoms with Gasteiger partial charge in [0.15, 0.2) is 9.04 Å². The Kier molecular flexibility index (Phi) is 5.51. The highest BCUT2D eigenvalue weighted by Gasteiger charge is 2.47. The lowest BCUT2D eigenvalue weighted by atomic mass is 9.74. The van der Waals surface area contributed by atoms with Crippen LogP contribution in [0.3, 0.4) is 0 Å². The van der Waals surface area contributed by atoms with Gasteiger partial charge in [0.2, 0.25) is 0 Å². The molecule has 0 radical (unpaired) electrons. The number of rotatable bonds is 5. The molecule has 3 unspecified atom stereocenters. The van der Waals surface area contributed by atoms with E-state index < -0.39 is 21.2 Å². The maximum absolute atomic E-state index is 14.9. The molecule has 8 heteroatoms. The van der Waals surface area contributed by atoms with Crippen molar-refractivity contribution in [1.82, 2.24) is 0 Å². The minimum Gasteiger partial charge on any atom is -0.441 e. The predicted octanol–water partition coefficient (Wildman–Crippen LogP) is 2.95. The van der Waals surface area contributed by atoms with Crippen LogP contribution < -0.4 is 9.80 Å². The molecule has 2 saturated heterocycles. The van der Waals surface area contributed by atoms with Crippen LogP contribution in [0.4, 0.5) is 20.6 Å². The lowest BCUT2D eigenvalue weighted by Gasteiger charge is -2.55. The van der Waals surface area contributed by atoms with Gasteiger partial charge in [-0.05, 0) is 36.7 Å². The molecule has 1 amide bonds. The van der Waals surface area contributed by atoms with Crippen LogP contribution in [0.1, 0.15) is 20.8 Å². The van der Waals surface area contributed by atoms with Gasteiger partial charge in [0.25, 0.3) is 0 Å². The first-order chi connectivity index (χ1) is 12.6. The number of hydrogen-bond donors (Lipinski definition) is 1. The first-order valence-corrected chi connectivity index (χ1v) is 12.2. The molecular weight excluding hydrogens is 367 g/mol. The molecule has 0 aliphatic carbocycles. The SMILES string of the molecule is C[SiH](C)OC1C(C(C)(C)C)CN1c1ccc(N2CC(CO)OC2=O)cc1F. The quantitative estimate of drug-likeness (QED) is 0.776. The van der Waals surface area contributed by atoms with Crippen molar-refractivity contribution in [3.8, 4) is 0 Å². The van der Waals surface area contributed by atoms with Gasteiger partial charge in [-0.2, -0.15) is 0 Å². The number of nitrogens with zero attached hydrogens (tertiary/aromatic N) is 2. The third kappa shape index (κ3) is 3.97. The summed E-state index contributed by atoms with van der Waals surface area (Å²) in [5.41, 5.74) is 1.01. The normalized spacial score (nSPS) is 25.8. The van der Waals surface area contributed by atoms with E-state index in [4.69, 9.17) is 14.3 Å². The number of ether oxygens (including phenoxy) is 1. The summed E-state index contributed by atoms with van der Waals surface area (Å²) in [5, 5.41) is 9.16. The molecule has 1 aromatic carbocycles. The van der Waals surface area contributed by atoms with Crippen LogP contribution >= 0.6 is 0 Å². The lowest BCUT2D eigenvalue weighted by molar-refractivity contribution is 0.00256. The lowest BCUT2D eigenvalue weighted by Crippen LogP contribution is -2.63. The number of carbonyl (C=O) groups excluding carboxylic acids is 1. The second kappa shape index (κ2) is 7.41. The Morgan fingerprint density at radius 2 is 2.04 bits per heavy atom. The molecule has 1 N–H and O–H groups in total. The van der Waals surface area contributed by atoms with Gasteiger partial charge >= 0.3 is 6.09 Å². The zero-order valence-electron chi connectivity index (χ0n) is 16.6. The van der Waals surface area contributed by atoms with Crippen molar-refractivity contribution >= 4 is 26.5 Å². The number of aliphatic hydroxyl groups excluding tert-OH is 1. The number of benzene rings is 1. The molecule has 0 aromatic heterocycles. The fraction of sp³-hybridized carbons (Fsp3) is 0.632. The summed E-state index contributed by atoms with van der Waals surface area (Å²) in [6.45, 7) is 11.5. The number of hydrogen-bond acceptors (Lipinski definition) is 5. The molecule has 0 spiro atoms. The Hall–Kier alpha value is -1.64. The number of halogens is 1. The van der Waals surface area contributed by atoms with Crippen LogP contribution in [-0.4, -0.2) is 52.3 Å². The zero-order chi connectivity index (χ0) is 19.9. The first kappa shape index (κ1) is 20.1. The molecule has 0 saturated carbocycles. The van der Waals surface area contributed by atoms with Gasteiger partial charge in [-0.3, -0.25) is 4.90 Å². The van der Waals surface area contributed by atoms with Crippen molar-refractivity contribution in [3.05, 3.63) is 24.0 Å². The Morgan fingerprint density at radius 1 is 1.33 bits per heavy atom. The van der Waals surface area contributed by atoms with E-state index in [0.29, 0.717) is 17.3 Å². The van der Waals surface area contributed by atoms with E-state index in [0.717, 1.165) is 6.54 Å². The molecule has 0 bridgehead atoms. The van der Waals surface area contributed by atoms with Crippen LogP contribution in [-0.2, 0) is 9.16 Å². The van der Waals surface area contributed by atoms with Gasteiger partial charge in [0.1, 0.15) is 18.1 Å². The van der Waals surface area contributed by atoms with Crippen molar-refractivity contribution in [2.75, 3.05) is 29.5 Å². The first-order valence-electron chi connectivity index (χ1n) is 9.42. The summed E-state index contributed by atoms with van der Waals surface area (Å²) in [6, 6.07) is 4.76. The average Bonchev–Trinajstić information content (AvgIpc) is 2.93. The van der Waals surface area contributed by atoms with Gasteiger partial charge in [-0.25, -0.2) is 9.18 Å². The van der Waals surface area contributed by atoms with Gasteiger partial charge < -0.3 is 19.2 Å². The Labute approximate surface area is 161 Å². The van der Waals surface area contributed by atoms with Crippen molar-refractivity contribution in [2.45, 2.75) is 46.2 Å². The molecule has 150 valence electrons. The maximum atomic E-state index is 14.9. The molecule has 2 aliphatic rings. The zero-order valence-corrected chi connectivity index (χ0v) is 17.8. The molecule has 3 rings (SSSR count). The molecular formula is C19H29FN2O4Si. The second-order valence-corrected chi connectivity index (χ2v) is 11.0. The Bertz CT molecular complexity index is 709. The Morgan fingerprint density at radius 3 is 2.56 bits per heavy atom. The van der Waals surface area contributed by atoms with E-state index in [-0.39, 0.29) is 30.6 Å². The largest absolute Gasteiger partial charge is 0.441 e. The average molecular weight is 397 g/mol. The number of amides is 1. The van der Waals surface area contributed by atoms with E-state index in [1.165, 1.54) is 11.0 Å². The fourth-order valence-corrected chi connectivity index (χ4v) is 4.49. The molecule has 6 nitrogen and oxygen atoms in total. The molecule has 3 atom stereocenters. The standard InChI is InChI=1S/C19H29FN2O4Si/c1-19(2,3)14-10-22(17(14)26-27(4)5)16-7-6-12(8-15(16)20)21-9-13(11-23)25-18(21)24/h6-8,13-14,17,23,27H,9-11H2,1-5H3. The fourth-order valence-electron chi connectivity index (χ4n) is 3.59. The van der Waals surface area contributed by atoms with E-state index in [2.05, 4.69) is 33.9 Å². The molecule has 2 aliphatic heterocycles. The summed E-state index contributed by atoms with van der Waals surface area (Å²) < 4.78 is 26.1. The summed E-state index contributed by atoms with van der Waals surface area (Å²) >= 11 is 0. The molecule has 2 heterocycles. The molecule has 27 heavy (non-hydrogen) atoms. The maximum Gasteiger partial charge on any atom is 0.414 e. The van der Waals surface area contributed by atoms with Gasteiger partial charge in [-0.15, -0.1) is 0 Å². The summed E-state index contributed by atoms with van der Waals surface area (Å²) in [4.78, 5) is 15.2.